The van der Waals surface area contributed by atoms with E-state index in [1.807, 2.05) is 0 Å². The molecule has 0 heterocycles. The number of carbonyl (C=O) groups excluding carboxylic acids is 2. The van der Waals surface area contributed by atoms with Crippen LogP contribution in [0.3, 0.4) is 0 Å². The number of phosphoric ester groups is 1. The summed E-state index contributed by atoms with van der Waals surface area (Å²) in [6.45, 7) is 2.62. The maximum atomic E-state index is 12.4. The van der Waals surface area contributed by atoms with E-state index in [-0.39, 0.29) is 12.8 Å². The van der Waals surface area contributed by atoms with E-state index in [9.17, 15) is 34.1 Å². The van der Waals surface area contributed by atoms with Crippen molar-refractivity contribution < 1.29 is 47.8 Å². The molecule has 0 spiro atoms. The number of unbranched alkanes of at least 4 members (excludes halogenated alkanes) is 32. The predicted octanol–water partition coefficient (Wildman–Crippen LogP) is 14.6. The summed E-state index contributed by atoms with van der Waals surface area (Å²) in [4.78, 5) is 46.1. The van der Waals surface area contributed by atoms with Crippen LogP contribution in [0.15, 0.2) is 24.3 Å². The van der Waals surface area contributed by atoms with Crippen molar-refractivity contribution in [2.24, 2.45) is 0 Å². The van der Waals surface area contributed by atoms with Gasteiger partial charge in [0.25, 0.3) is 0 Å². The van der Waals surface area contributed by atoms with Gasteiger partial charge in [-0.25, -0.2) is 9.36 Å². The van der Waals surface area contributed by atoms with Crippen molar-refractivity contribution in [1.82, 2.24) is 5.32 Å². The smallest absolute Gasteiger partial charge is 0.472 e. The molecule has 0 aromatic carbocycles. The number of aliphatic hydroxyl groups is 1. The molecule has 0 bridgehead atoms. The third kappa shape index (κ3) is 46.5. The number of esters is 1. The van der Waals surface area contributed by atoms with E-state index in [1.54, 1.807) is 0 Å². The number of ether oxygens (including phenoxy) is 1. The Kier molecular flexibility index (Phi) is 45.9. The van der Waals surface area contributed by atoms with Crippen LogP contribution >= 0.6 is 7.82 Å². The first-order valence-corrected chi connectivity index (χ1v) is 27.9. The minimum Gasteiger partial charge on any atom is -0.480 e. The lowest BCUT2D eigenvalue weighted by Crippen LogP contribution is -2.43. The number of aliphatic hydroxyl groups excluding tert-OH is 1. The van der Waals surface area contributed by atoms with Gasteiger partial charge in [0.1, 0.15) is 12.7 Å². The summed E-state index contributed by atoms with van der Waals surface area (Å²) < 4.78 is 27.0. The highest BCUT2D eigenvalue weighted by Crippen LogP contribution is 2.43. The predicted molar refractivity (Wildman–Crippen MR) is 263 cm³/mol. The van der Waals surface area contributed by atoms with Crippen LogP contribution in [0.5, 0.6) is 0 Å². The molecule has 0 fully saturated rings. The van der Waals surface area contributed by atoms with Crippen LogP contribution in [0.4, 0.5) is 0 Å². The van der Waals surface area contributed by atoms with Gasteiger partial charge in [0, 0.05) is 12.8 Å². The van der Waals surface area contributed by atoms with Crippen molar-refractivity contribution in [3.8, 4) is 0 Å². The van der Waals surface area contributed by atoms with Gasteiger partial charge in [-0.3, -0.25) is 18.6 Å². The van der Waals surface area contributed by atoms with E-state index in [1.165, 1.54) is 173 Å². The Labute approximate surface area is 391 Å². The topological polar surface area (TPSA) is 169 Å². The van der Waals surface area contributed by atoms with Crippen LogP contribution in [-0.4, -0.2) is 64.9 Å². The fourth-order valence-corrected chi connectivity index (χ4v) is 8.41. The fourth-order valence-electron chi connectivity index (χ4n) is 7.64. The molecule has 0 aromatic heterocycles. The zero-order valence-corrected chi connectivity index (χ0v) is 42.0. The van der Waals surface area contributed by atoms with Gasteiger partial charge in [-0.1, -0.05) is 224 Å². The number of allylic oxidation sites excluding steroid dienone is 4. The summed E-state index contributed by atoms with van der Waals surface area (Å²) >= 11 is 0. The first kappa shape index (κ1) is 62.0. The molecular weight excluding hydrogens is 830 g/mol. The van der Waals surface area contributed by atoms with E-state index in [0.717, 1.165) is 44.9 Å². The summed E-state index contributed by atoms with van der Waals surface area (Å²) in [6, 6.07) is -1.55. The highest BCUT2D eigenvalue weighted by molar-refractivity contribution is 7.47. The molecular formula is C52H98NO10P. The first-order chi connectivity index (χ1) is 31.1. The van der Waals surface area contributed by atoms with Crippen LogP contribution in [0, 0.1) is 0 Å². The second kappa shape index (κ2) is 47.5. The Morgan fingerprint density at radius 2 is 0.859 bits per heavy atom. The molecule has 3 atom stereocenters. The highest BCUT2D eigenvalue weighted by Gasteiger charge is 2.28. The van der Waals surface area contributed by atoms with E-state index >= 15 is 0 Å². The minimum atomic E-state index is -4.76. The number of nitrogens with one attached hydrogen (secondary N) is 1. The number of hydrogen-bond donors (Lipinski definition) is 4. The standard InChI is InChI=1S/C52H98NO10P/c1-3-5-7-9-11-13-15-17-19-21-23-24-26-27-29-31-33-35-37-39-41-43-50(55)53-49(52(57)58)47-63-64(59,60)62-46-48(54)45-61-51(56)44-42-40-38-36-34-32-30-28-25-22-20-18-16-14-12-10-8-6-4-2/h11,13,17,19,48-49,54H,3-10,12,14-16,18,20-47H2,1-2H3,(H,53,55)(H,57,58)(H,59,60)/b13-11-,19-17-. The Bertz CT molecular complexity index is 1180. The number of aliphatic carboxylic acids is 1. The van der Waals surface area contributed by atoms with Crippen molar-refractivity contribution in [2.45, 2.75) is 270 Å². The zero-order valence-electron chi connectivity index (χ0n) is 41.1. The Balaban J connectivity index is 3.79. The molecule has 0 aromatic rings. The average molecular weight is 928 g/mol. The Morgan fingerprint density at radius 3 is 1.30 bits per heavy atom. The van der Waals surface area contributed by atoms with Gasteiger partial charge in [-0.05, 0) is 44.9 Å². The van der Waals surface area contributed by atoms with Crippen LogP contribution < -0.4 is 5.32 Å². The molecule has 3 unspecified atom stereocenters. The van der Waals surface area contributed by atoms with Gasteiger partial charge in [-0.2, -0.15) is 0 Å². The molecule has 11 nitrogen and oxygen atoms in total. The van der Waals surface area contributed by atoms with E-state index < -0.39 is 57.6 Å². The lowest BCUT2D eigenvalue weighted by Gasteiger charge is -2.18. The maximum absolute atomic E-state index is 12.4. The second-order valence-corrected chi connectivity index (χ2v) is 19.5. The van der Waals surface area contributed by atoms with E-state index in [0.29, 0.717) is 12.8 Å². The van der Waals surface area contributed by atoms with Crippen LogP contribution in [0.2, 0.25) is 0 Å². The molecule has 0 aliphatic rings. The normalized spacial score (nSPS) is 13.7. The number of carboxylic acids is 1. The third-order valence-corrected chi connectivity index (χ3v) is 12.7. The molecule has 4 N–H and O–H groups in total. The second-order valence-electron chi connectivity index (χ2n) is 18.1. The molecule has 0 saturated carbocycles. The van der Waals surface area contributed by atoms with Crippen molar-refractivity contribution in [1.29, 1.82) is 0 Å². The van der Waals surface area contributed by atoms with Crippen LogP contribution in [-0.2, 0) is 32.7 Å². The molecule has 376 valence electrons. The SMILES string of the molecule is CCCCC/C=C\C/C=C\CCCCCCCCCCCCCC(=O)NC(COP(=O)(O)OCC(O)COC(=O)CCCCCCCCCCCCCCCCCCCCC)C(=O)O. The van der Waals surface area contributed by atoms with Crippen molar-refractivity contribution in [3.63, 3.8) is 0 Å². The van der Waals surface area contributed by atoms with Crippen molar-refractivity contribution in [2.75, 3.05) is 19.8 Å². The number of amides is 1. The van der Waals surface area contributed by atoms with Gasteiger partial charge >= 0.3 is 19.8 Å². The molecule has 0 aliphatic carbocycles. The molecule has 64 heavy (non-hydrogen) atoms. The molecule has 0 aliphatic heterocycles. The number of carbonyl (C=O) groups is 3. The minimum absolute atomic E-state index is 0.145. The first-order valence-electron chi connectivity index (χ1n) is 26.4. The molecule has 12 heteroatoms. The lowest BCUT2D eigenvalue weighted by atomic mass is 10.0. The van der Waals surface area contributed by atoms with Crippen LogP contribution in [0.25, 0.3) is 0 Å². The average Bonchev–Trinajstić information content (AvgIpc) is 3.27. The number of rotatable bonds is 50. The number of phosphoric acid groups is 1. The summed E-state index contributed by atoms with van der Waals surface area (Å²) in [5, 5.41) is 21.9. The van der Waals surface area contributed by atoms with Gasteiger partial charge in [0.2, 0.25) is 5.91 Å². The fraction of sp³-hybridized carbons (Fsp3) is 0.865. The Hall–Kier alpha value is -2.04. The zero-order chi connectivity index (χ0) is 47.0. The summed E-state index contributed by atoms with van der Waals surface area (Å²) in [7, 11) is -4.76. The maximum Gasteiger partial charge on any atom is 0.472 e. The third-order valence-electron chi connectivity index (χ3n) is 11.7. The number of carboxylic acid groups (broad SMARTS) is 1. The van der Waals surface area contributed by atoms with Gasteiger partial charge < -0.3 is 25.2 Å². The molecule has 1 amide bonds. The van der Waals surface area contributed by atoms with Crippen molar-refractivity contribution in [3.05, 3.63) is 24.3 Å². The quantitative estimate of drug-likeness (QED) is 0.0199. The summed E-state index contributed by atoms with van der Waals surface area (Å²) in [5.41, 5.74) is 0. The monoisotopic (exact) mass is 928 g/mol. The van der Waals surface area contributed by atoms with Gasteiger partial charge in [0.05, 0.1) is 13.2 Å². The highest BCUT2D eigenvalue weighted by atomic mass is 31.2. The summed E-state index contributed by atoms with van der Waals surface area (Å²) in [5.74, 6) is -2.36. The van der Waals surface area contributed by atoms with Gasteiger partial charge in [0.15, 0.2) is 6.04 Å². The Morgan fingerprint density at radius 1 is 0.500 bits per heavy atom. The molecule has 0 radical (unpaired) electrons. The van der Waals surface area contributed by atoms with Crippen molar-refractivity contribution >= 4 is 25.7 Å². The number of hydrogen-bond acceptors (Lipinski definition) is 8. The largest absolute Gasteiger partial charge is 0.480 e. The van der Waals surface area contributed by atoms with Crippen LogP contribution in [0.1, 0.15) is 258 Å². The van der Waals surface area contributed by atoms with E-state index in [2.05, 4.69) is 43.5 Å². The lowest BCUT2D eigenvalue weighted by molar-refractivity contribution is -0.147. The molecule has 0 rings (SSSR count). The molecule has 0 saturated heterocycles. The van der Waals surface area contributed by atoms with E-state index in [4.69, 9.17) is 13.8 Å². The summed E-state index contributed by atoms with van der Waals surface area (Å²) in [6.07, 6.45) is 52.0. The van der Waals surface area contributed by atoms with Gasteiger partial charge in [-0.15, -0.1) is 0 Å².